The van der Waals surface area contributed by atoms with Crippen molar-refractivity contribution >= 4 is 33.6 Å². The van der Waals surface area contributed by atoms with E-state index < -0.39 is 11.3 Å². The summed E-state index contributed by atoms with van der Waals surface area (Å²) in [5.74, 6) is 5.02. The second-order valence-corrected chi connectivity index (χ2v) is 6.65. The fourth-order valence-corrected chi connectivity index (χ4v) is 4.12. The average molecular weight is 344 g/mol. The van der Waals surface area contributed by atoms with Crippen molar-refractivity contribution in [3.63, 3.8) is 0 Å². The molecule has 0 aliphatic carbocycles. The van der Waals surface area contributed by atoms with Crippen molar-refractivity contribution in [1.82, 2.24) is 15.0 Å². The van der Waals surface area contributed by atoms with Crippen LogP contribution in [0.25, 0.3) is 21.8 Å². The summed E-state index contributed by atoms with van der Waals surface area (Å²) in [5, 5.41) is 2.58. The zero-order chi connectivity index (χ0) is 17.9. The number of para-hydroxylation sites is 2. The highest BCUT2D eigenvalue weighted by Gasteiger charge is 2.55. The Balaban J connectivity index is 1.89. The standard InChI is InChI=1S/C20H16N4O2/c21-24-18(25)9-20(19(24)26,14-10-22-16-7-3-1-5-12(14)16)15-11-23-17-8-4-2-6-13(15)17/h1-8,10-11,22-23H,9,21H2. The number of benzene rings is 2. The third kappa shape index (κ3) is 1.74. The van der Waals surface area contributed by atoms with Crippen molar-refractivity contribution in [2.24, 2.45) is 5.84 Å². The molecule has 0 atom stereocenters. The topological polar surface area (TPSA) is 95.0 Å². The summed E-state index contributed by atoms with van der Waals surface area (Å²) in [6.07, 6.45) is 3.64. The summed E-state index contributed by atoms with van der Waals surface area (Å²) < 4.78 is 0. The Bertz CT molecular complexity index is 1110. The fraction of sp³-hybridized carbons (Fsp3) is 0.100. The van der Waals surface area contributed by atoms with Crippen LogP contribution in [0.3, 0.4) is 0 Å². The minimum atomic E-state index is -1.15. The third-order valence-electron chi connectivity index (χ3n) is 5.37. The molecule has 2 aromatic heterocycles. The monoisotopic (exact) mass is 344 g/mol. The molecule has 6 heteroatoms. The van der Waals surface area contributed by atoms with Gasteiger partial charge in [0.1, 0.15) is 5.41 Å². The molecule has 0 saturated carbocycles. The number of hydrazine groups is 1. The first-order valence-electron chi connectivity index (χ1n) is 8.38. The van der Waals surface area contributed by atoms with E-state index in [1.165, 1.54) is 0 Å². The first kappa shape index (κ1) is 14.9. The van der Waals surface area contributed by atoms with E-state index >= 15 is 0 Å². The maximum Gasteiger partial charge on any atom is 0.259 e. The van der Waals surface area contributed by atoms with Crippen LogP contribution in [0.4, 0.5) is 0 Å². The second kappa shape index (κ2) is 5.06. The molecule has 0 bridgehead atoms. The number of carbonyl (C=O) groups excluding carboxylic acids is 2. The Morgan fingerprint density at radius 2 is 1.35 bits per heavy atom. The molecule has 4 aromatic rings. The van der Waals surface area contributed by atoms with Crippen molar-refractivity contribution < 1.29 is 9.59 Å². The number of H-pyrrole nitrogens is 2. The van der Waals surface area contributed by atoms with Gasteiger partial charge in [-0.15, -0.1) is 0 Å². The molecule has 5 rings (SSSR count). The quantitative estimate of drug-likeness (QED) is 0.296. The van der Waals surface area contributed by atoms with Crippen LogP contribution in [-0.2, 0) is 15.0 Å². The van der Waals surface area contributed by atoms with Crippen LogP contribution in [0.5, 0.6) is 0 Å². The number of nitrogens with one attached hydrogen (secondary N) is 2. The van der Waals surface area contributed by atoms with Crippen LogP contribution in [0.1, 0.15) is 17.5 Å². The van der Waals surface area contributed by atoms with Crippen molar-refractivity contribution in [2.75, 3.05) is 0 Å². The Labute approximate surface area is 148 Å². The van der Waals surface area contributed by atoms with Gasteiger partial charge in [0, 0.05) is 34.2 Å². The minimum Gasteiger partial charge on any atom is -0.361 e. The zero-order valence-electron chi connectivity index (χ0n) is 13.8. The molecule has 1 fully saturated rings. The lowest BCUT2D eigenvalue weighted by molar-refractivity contribution is -0.139. The summed E-state index contributed by atoms with van der Waals surface area (Å²) in [5.41, 5.74) is 2.22. The lowest BCUT2D eigenvalue weighted by atomic mass is 9.73. The number of hydrogen-bond acceptors (Lipinski definition) is 3. The van der Waals surface area contributed by atoms with Crippen LogP contribution in [0, 0.1) is 0 Å². The predicted molar refractivity (Wildman–Crippen MR) is 98.0 cm³/mol. The highest BCUT2D eigenvalue weighted by atomic mass is 16.2. The van der Waals surface area contributed by atoms with Gasteiger partial charge in [-0.25, -0.2) is 10.9 Å². The molecule has 0 radical (unpaired) electrons. The molecule has 0 spiro atoms. The molecule has 128 valence electrons. The van der Waals surface area contributed by atoms with Crippen LogP contribution < -0.4 is 5.84 Å². The molecular weight excluding hydrogens is 328 g/mol. The summed E-state index contributed by atoms with van der Waals surface area (Å²) in [4.78, 5) is 32.1. The number of fused-ring (bicyclic) bond motifs is 2. The SMILES string of the molecule is NN1C(=O)CC(c2c[nH]c3ccccc23)(c2c[nH]c3ccccc23)C1=O. The van der Waals surface area contributed by atoms with Gasteiger partial charge in [0.05, 0.1) is 6.42 Å². The molecule has 3 heterocycles. The molecule has 26 heavy (non-hydrogen) atoms. The Kier molecular flexibility index (Phi) is 2.90. The minimum absolute atomic E-state index is 0.00598. The molecule has 6 nitrogen and oxygen atoms in total. The number of nitrogens with zero attached hydrogens (tertiary/aromatic N) is 1. The molecule has 1 aliphatic rings. The molecule has 0 unspecified atom stereocenters. The molecule has 1 aliphatic heterocycles. The molecule has 4 N–H and O–H groups in total. The smallest absolute Gasteiger partial charge is 0.259 e. The molecule has 2 aromatic carbocycles. The molecular formula is C20H16N4O2. The average Bonchev–Trinajstić information content (AvgIpc) is 3.34. The highest BCUT2D eigenvalue weighted by molar-refractivity contribution is 6.14. The van der Waals surface area contributed by atoms with Crippen LogP contribution in [0.2, 0.25) is 0 Å². The van der Waals surface area contributed by atoms with E-state index in [1.54, 1.807) is 0 Å². The Hall–Kier alpha value is -3.38. The number of nitrogens with two attached hydrogens (primary N) is 1. The fourth-order valence-electron chi connectivity index (χ4n) is 4.12. The highest BCUT2D eigenvalue weighted by Crippen LogP contribution is 2.46. The number of aromatic amines is 2. The number of hydrogen-bond donors (Lipinski definition) is 3. The Morgan fingerprint density at radius 3 is 1.81 bits per heavy atom. The zero-order valence-corrected chi connectivity index (χ0v) is 13.8. The predicted octanol–water partition coefficient (Wildman–Crippen LogP) is 2.57. The van der Waals surface area contributed by atoms with E-state index in [4.69, 9.17) is 5.84 Å². The number of carbonyl (C=O) groups is 2. The molecule has 1 saturated heterocycles. The maximum atomic E-state index is 13.3. The van der Waals surface area contributed by atoms with Gasteiger partial charge in [0.15, 0.2) is 0 Å². The summed E-state index contributed by atoms with van der Waals surface area (Å²) in [6, 6.07) is 15.5. The van der Waals surface area contributed by atoms with E-state index in [2.05, 4.69) is 9.97 Å². The first-order valence-corrected chi connectivity index (χ1v) is 8.38. The normalized spacial score (nSPS) is 16.9. The van der Waals surface area contributed by atoms with Gasteiger partial charge in [-0.05, 0) is 23.3 Å². The van der Waals surface area contributed by atoms with Gasteiger partial charge in [-0.3, -0.25) is 9.59 Å². The van der Waals surface area contributed by atoms with Crippen molar-refractivity contribution in [2.45, 2.75) is 11.8 Å². The van der Waals surface area contributed by atoms with E-state index in [-0.39, 0.29) is 12.3 Å². The van der Waals surface area contributed by atoms with Gasteiger partial charge >= 0.3 is 0 Å². The van der Waals surface area contributed by atoms with Gasteiger partial charge in [-0.2, -0.15) is 0 Å². The van der Waals surface area contributed by atoms with Crippen molar-refractivity contribution in [3.8, 4) is 0 Å². The van der Waals surface area contributed by atoms with Crippen LogP contribution >= 0.6 is 0 Å². The summed E-state index contributed by atoms with van der Waals surface area (Å²) in [6.45, 7) is 0. The largest absolute Gasteiger partial charge is 0.361 e. The lowest BCUT2D eigenvalue weighted by Gasteiger charge is -2.26. The second-order valence-electron chi connectivity index (χ2n) is 6.65. The number of imide groups is 1. The number of rotatable bonds is 2. The lowest BCUT2D eigenvalue weighted by Crippen LogP contribution is -2.42. The van der Waals surface area contributed by atoms with E-state index in [1.807, 2.05) is 60.9 Å². The first-order chi connectivity index (χ1) is 12.6. The summed E-state index contributed by atoms with van der Waals surface area (Å²) >= 11 is 0. The van der Waals surface area contributed by atoms with Crippen LogP contribution in [0.15, 0.2) is 60.9 Å². The third-order valence-corrected chi connectivity index (χ3v) is 5.37. The van der Waals surface area contributed by atoms with Gasteiger partial charge in [0.2, 0.25) is 5.91 Å². The number of amides is 2. The van der Waals surface area contributed by atoms with Crippen LogP contribution in [-0.4, -0.2) is 26.8 Å². The van der Waals surface area contributed by atoms with Gasteiger partial charge < -0.3 is 9.97 Å². The van der Waals surface area contributed by atoms with Gasteiger partial charge in [-0.1, -0.05) is 36.4 Å². The van der Waals surface area contributed by atoms with E-state index in [0.29, 0.717) is 0 Å². The number of aromatic nitrogens is 2. The van der Waals surface area contributed by atoms with Gasteiger partial charge in [0.25, 0.3) is 5.91 Å². The Morgan fingerprint density at radius 1 is 0.846 bits per heavy atom. The molecule has 2 amide bonds. The van der Waals surface area contributed by atoms with Crippen molar-refractivity contribution in [1.29, 1.82) is 0 Å². The maximum absolute atomic E-state index is 13.3. The summed E-state index contributed by atoms with van der Waals surface area (Å²) in [7, 11) is 0. The van der Waals surface area contributed by atoms with Crippen molar-refractivity contribution in [3.05, 3.63) is 72.1 Å². The van der Waals surface area contributed by atoms with E-state index in [0.717, 1.165) is 37.9 Å². The van der Waals surface area contributed by atoms with E-state index in [9.17, 15) is 9.59 Å².